The van der Waals surface area contributed by atoms with Crippen molar-refractivity contribution in [1.29, 1.82) is 0 Å². The highest BCUT2D eigenvalue weighted by Crippen LogP contribution is 2.07. The van der Waals surface area contributed by atoms with Gasteiger partial charge in [0.05, 0.1) is 12.7 Å². The van der Waals surface area contributed by atoms with Crippen molar-refractivity contribution in [2.45, 2.75) is 52.6 Å². The van der Waals surface area contributed by atoms with Crippen molar-refractivity contribution in [3.63, 3.8) is 0 Å². The molecular formula is C15H30N2O2. The Balaban J connectivity index is 2.16. The highest BCUT2D eigenvalue weighted by Gasteiger charge is 2.21. The van der Waals surface area contributed by atoms with Gasteiger partial charge in [-0.3, -0.25) is 9.69 Å². The summed E-state index contributed by atoms with van der Waals surface area (Å²) in [6.45, 7) is 11.1. The normalized spacial score (nSPS) is 20.7. The smallest absolute Gasteiger partial charge is 0.220 e. The molecule has 1 atom stereocenters. The van der Waals surface area contributed by atoms with Gasteiger partial charge >= 0.3 is 0 Å². The number of morpholine rings is 1. The molecule has 0 saturated carbocycles. The Bertz CT molecular complexity index is 257. The Morgan fingerprint density at radius 3 is 2.89 bits per heavy atom. The molecule has 1 N–H and O–H groups in total. The molecule has 112 valence electrons. The van der Waals surface area contributed by atoms with E-state index in [1.54, 1.807) is 0 Å². The number of carbonyl (C=O) groups is 1. The second-order valence-corrected chi connectivity index (χ2v) is 5.91. The van der Waals surface area contributed by atoms with E-state index in [4.69, 9.17) is 4.74 Å². The third kappa shape index (κ3) is 7.53. The van der Waals surface area contributed by atoms with Crippen LogP contribution in [0.25, 0.3) is 0 Å². The number of amides is 1. The fourth-order valence-electron chi connectivity index (χ4n) is 2.44. The van der Waals surface area contributed by atoms with Gasteiger partial charge in [0.15, 0.2) is 0 Å². The van der Waals surface area contributed by atoms with Crippen molar-refractivity contribution in [2.75, 3.05) is 32.8 Å². The molecule has 1 rings (SSSR count). The Labute approximate surface area is 117 Å². The highest BCUT2D eigenvalue weighted by molar-refractivity contribution is 5.75. The van der Waals surface area contributed by atoms with Crippen molar-refractivity contribution in [2.24, 2.45) is 5.92 Å². The van der Waals surface area contributed by atoms with E-state index < -0.39 is 0 Å². The number of ether oxygens (including phenoxy) is 1. The van der Waals surface area contributed by atoms with E-state index in [0.29, 0.717) is 18.9 Å². The van der Waals surface area contributed by atoms with Crippen LogP contribution >= 0.6 is 0 Å². The standard InChI is InChI=1S/C15H30N2O2/c1-4-5-6-7-15(18)16-10-14-12-17(8-9-19-14)11-13(2)3/h13-14H,4-12H2,1-3H3,(H,16,18). The van der Waals surface area contributed by atoms with Crippen molar-refractivity contribution in [3.05, 3.63) is 0 Å². The molecule has 1 fully saturated rings. The van der Waals surface area contributed by atoms with E-state index in [0.717, 1.165) is 45.5 Å². The van der Waals surface area contributed by atoms with Crippen LogP contribution in [0.15, 0.2) is 0 Å². The number of nitrogens with zero attached hydrogens (tertiary/aromatic N) is 1. The summed E-state index contributed by atoms with van der Waals surface area (Å²) < 4.78 is 5.71. The number of unbranched alkanes of at least 4 members (excludes halogenated alkanes) is 2. The lowest BCUT2D eigenvalue weighted by molar-refractivity contribution is -0.122. The van der Waals surface area contributed by atoms with Crippen LogP contribution in [-0.4, -0.2) is 49.7 Å². The first-order valence-corrected chi connectivity index (χ1v) is 7.72. The Morgan fingerprint density at radius 1 is 1.42 bits per heavy atom. The lowest BCUT2D eigenvalue weighted by Gasteiger charge is -2.33. The molecule has 1 amide bonds. The largest absolute Gasteiger partial charge is 0.374 e. The molecule has 4 nitrogen and oxygen atoms in total. The third-order valence-corrected chi connectivity index (χ3v) is 3.38. The zero-order chi connectivity index (χ0) is 14.1. The molecule has 1 saturated heterocycles. The van der Waals surface area contributed by atoms with Crippen LogP contribution in [-0.2, 0) is 9.53 Å². The Hall–Kier alpha value is -0.610. The maximum atomic E-state index is 11.6. The van der Waals surface area contributed by atoms with Gasteiger partial charge in [-0.25, -0.2) is 0 Å². The number of nitrogens with one attached hydrogen (secondary N) is 1. The lowest BCUT2D eigenvalue weighted by Crippen LogP contribution is -2.48. The molecule has 0 spiro atoms. The highest BCUT2D eigenvalue weighted by atomic mass is 16.5. The predicted molar refractivity (Wildman–Crippen MR) is 78.2 cm³/mol. The molecule has 19 heavy (non-hydrogen) atoms. The SMILES string of the molecule is CCCCCC(=O)NCC1CN(CC(C)C)CCO1. The van der Waals surface area contributed by atoms with Gasteiger partial charge in [0, 0.05) is 32.6 Å². The van der Waals surface area contributed by atoms with E-state index in [9.17, 15) is 4.79 Å². The summed E-state index contributed by atoms with van der Waals surface area (Å²) in [7, 11) is 0. The fraction of sp³-hybridized carbons (Fsp3) is 0.933. The van der Waals surface area contributed by atoms with Crippen molar-refractivity contribution < 1.29 is 9.53 Å². The molecular weight excluding hydrogens is 240 g/mol. The molecule has 0 aromatic rings. The van der Waals surface area contributed by atoms with Crippen LogP contribution in [0.2, 0.25) is 0 Å². The number of hydrogen-bond donors (Lipinski definition) is 1. The van der Waals surface area contributed by atoms with Crippen molar-refractivity contribution in [1.82, 2.24) is 10.2 Å². The minimum Gasteiger partial charge on any atom is -0.374 e. The first-order valence-electron chi connectivity index (χ1n) is 7.72. The van der Waals surface area contributed by atoms with E-state index in [1.807, 2.05) is 0 Å². The maximum Gasteiger partial charge on any atom is 0.220 e. The summed E-state index contributed by atoms with van der Waals surface area (Å²) in [5.74, 6) is 0.848. The van der Waals surface area contributed by atoms with Crippen molar-refractivity contribution in [3.8, 4) is 0 Å². The summed E-state index contributed by atoms with van der Waals surface area (Å²) in [6, 6.07) is 0. The second-order valence-electron chi connectivity index (χ2n) is 5.91. The molecule has 0 bridgehead atoms. The van der Waals surface area contributed by atoms with Crippen LogP contribution in [0.3, 0.4) is 0 Å². The van der Waals surface area contributed by atoms with Gasteiger partial charge in [-0.15, -0.1) is 0 Å². The van der Waals surface area contributed by atoms with E-state index in [1.165, 1.54) is 0 Å². The number of carbonyl (C=O) groups excluding carboxylic acids is 1. The number of rotatable bonds is 8. The maximum absolute atomic E-state index is 11.6. The molecule has 0 aromatic carbocycles. The van der Waals surface area contributed by atoms with Crippen LogP contribution in [0.4, 0.5) is 0 Å². The molecule has 0 aliphatic carbocycles. The second kappa shape index (κ2) is 9.32. The van der Waals surface area contributed by atoms with Crippen LogP contribution in [0.5, 0.6) is 0 Å². The van der Waals surface area contributed by atoms with E-state index >= 15 is 0 Å². The molecule has 1 aliphatic rings. The molecule has 1 aliphatic heterocycles. The molecule has 4 heteroatoms. The first-order chi connectivity index (χ1) is 9.11. The van der Waals surface area contributed by atoms with Crippen molar-refractivity contribution >= 4 is 5.91 Å². The lowest BCUT2D eigenvalue weighted by atomic mass is 10.1. The van der Waals surface area contributed by atoms with Crippen LogP contribution < -0.4 is 5.32 Å². The van der Waals surface area contributed by atoms with Gasteiger partial charge in [0.2, 0.25) is 5.91 Å². The summed E-state index contributed by atoms with van der Waals surface area (Å²) in [5, 5.41) is 2.99. The topological polar surface area (TPSA) is 41.6 Å². The van der Waals surface area contributed by atoms with E-state index in [-0.39, 0.29) is 12.0 Å². The molecule has 0 radical (unpaired) electrons. The average Bonchev–Trinajstić information content (AvgIpc) is 2.36. The summed E-state index contributed by atoms with van der Waals surface area (Å²) in [5.41, 5.74) is 0. The summed E-state index contributed by atoms with van der Waals surface area (Å²) >= 11 is 0. The minimum atomic E-state index is 0.155. The quantitative estimate of drug-likeness (QED) is 0.686. The average molecular weight is 270 g/mol. The predicted octanol–water partition coefficient (Wildman–Crippen LogP) is 2.04. The Morgan fingerprint density at radius 2 is 2.21 bits per heavy atom. The van der Waals surface area contributed by atoms with Gasteiger partial charge in [0.1, 0.15) is 0 Å². The number of hydrogen-bond acceptors (Lipinski definition) is 3. The van der Waals surface area contributed by atoms with Crippen LogP contribution in [0.1, 0.15) is 46.5 Å². The van der Waals surface area contributed by atoms with Gasteiger partial charge in [-0.1, -0.05) is 33.6 Å². The van der Waals surface area contributed by atoms with Gasteiger partial charge in [0.25, 0.3) is 0 Å². The summed E-state index contributed by atoms with van der Waals surface area (Å²) in [4.78, 5) is 14.1. The molecule has 0 aromatic heterocycles. The zero-order valence-electron chi connectivity index (χ0n) is 12.8. The molecule has 1 unspecified atom stereocenters. The minimum absolute atomic E-state index is 0.155. The third-order valence-electron chi connectivity index (χ3n) is 3.38. The Kier molecular flexibility index (Phi) is 8.07. The summed E-state index contributed by atoms with van der Waals surface area (Å²) in [6.07, 6.45) is 4.09. The monoisotopic (exact) mass is 270 g/mol. The van der Waals surface area contributed by atoms with Gasteiger partial charge in [-0.2, -0.15) is 0 Å². The van der Waals surface area contributed by atoms with Gasteiger partial charge in [-0.05, 0) is 12.3 Å². The van der Waals surface area contributed by atoms with Gasteiger partial charge < -0.3 is 10.1 Å². The fourth-order valence-corrected chi connectivity index (χ4v) is 2.44. The van der Waals surface area contributed by atoms with Crippen LogP contribution in [0, 0.1) is 5.92 Å². The van der Waals surface area contributed by atoms with E-state index in [2.05, 4.69) is 31.0 Å². The first kappa shape index (κ1) is 16.4. The molecule has 1 heterocycles. The zero-order valence-corrected chi connectivity index (χ0v) is 12.8.